The molecule has 140 valence electrons. The summed E-state index contributed by atoms with van der Waals surface area (Å²) in [6.45, 7) is 1.93. The third-order valence-corrected chi connectivity index (χ3v) is 4.88. The average molecular weight is 377 g/mol. The van der Waals surface area contributed by atoms with Crippen LogP contribution in [-0.2, 0) is 4.79 Å². The number of aryl methyl sites for hydroxylation is 1. The van der Waals surface area contributed by atoms with Gasteiger partial charge in [0.1, 0.15) is 11.6 Å². The fraction of sp³-hybridized carbons (Fsp3) is 0.0870. The van der Waals surface area contributed by atoms with E-state index < -0.39 is 29.3 Å². The Hall–Kier alpha value is -3.47. The topological polar surface area (TPSA) is 40.5 Å². The first-order valence-electron chi connectivity index (χ1n) is 8.81. The molecule has 1 atom stereocenters. The van der Waals surface area contributed by atoms with E-state index in [4.69, 9.17) is 0 Å². The number of hydrogen-bond donors (Lipinski definition) is 1. The van der Waals surface area contributed by atoms with Crippen LogP contribution in [0.3, 0.4) is 0 Å². The number of nitrogens with zero attached hydrogens (tertiary/aromatic N) is 1. The van der Waals surface area contributed by atoms with Gasteiger partial charge in [-0.05, 0) is 42.8 Å². The second kappa shape index (κ2) is 6.93. The van der Waals surface area contributed by atoms with Crippen molar-refractivity contribution in [3.8, 4) is 0 Å². The maximum Gasteiger partial charge on any atom is 0.294 e. The smallest absolute Gasteiger partial charge is 0.294 e. The third kappa shape index (κ3) is 2.95. The Morgan fingerprint density at radius 2 is 1.54 bits per heavy atom. The Morgan fingerprint density at radius 3 is 2.18 bits per heavy atom. The molecule has 28 heavy (non-hydrogen) atoms. The summed E-state index contributed by atoms with van der Waals surface area (Å²) in [4.78, 5) is 14.2. The Kier molecular flexibility index (Phi) is 4.43. The van der Waals surface area contributed by atoms with Gasteiger partial charge in [-0.3, -0.25) is 9.69 Å². The molecule has 1 amide bonds. The molecule has 1 aliphatic rings. The quantitative estimate of drug-likeness (QED) is 0.670. The van der Waals surface area contributed by atoms with Gasteiger partial charge in [0.25, 0.3) is 5.91 Å². The van der Waals surface area contributed by atoms with Crippen LogP contribution in [0.1, 0.15) is 22.7 Å². The number of hydrogen-bond acceptors (Lipinski definition) is 2. The lowest BCUT2D eigenvalue weighted by atomic mass is 9.92. The van der Waals surface area contributed by atoms with Gasteiger partial charge in [-0.2, -0.15) is 0 Å². The van der Waals surface area contributed by atoms with Crippen molar-refractivity contribution in [2.24, 2.45) is 0 Å². The predicted octanol–water partition coefficient (Wildman–Crippen LogP) is 5.33. The number of aliphatic hydroxyl groups excluding tert-OH is 1. The van der Waals surface area contributed by atoms with Gasteiger partial charge in [-0.15, -0.1) is 0 Å². The Bertz CT molecular complexity index is 1070. The maximum atomic E-state index is 14.7. The van der Waals surface area contributed by atoms with E-state index in [9.17, 15) is 18.7 Å². The lowest BCUT2D eigenvalue weighted by molar-refractivity contribution is -0.117. The first-order chi connectivity index (χ1) is 13.5. The zero-order valence-corrected chi connectivity index (χ0v) is 15.1. The molecule has 0 saturated heterocycles. The number of anilines is 1. The SMILES string of the molecule is Cc1ccc(C2=C(O)C(=O)N(c3ccc(F)cc3)[C@@H]2c2ccccc2F)cc1. The molecule has 0 aromatic heterocycles. The molecule has 1 aliphatic heterocycles. The Balaban J connectivity index is 1.93. The van der Waals surface area contributed by atoms with Crippen LogP contribution in [-0.4, -0.2) is 11.0 Å². The fourth-order valence-corrected chi connectivity index (χ4v) is 3.49. The number of benzene rings is 3. The number of halogens is 2. The van der Waals surface area contributed by atoms with Gasteiger partial charge in [-0.1, -0.05) is 48.0 Å². The van der Waals surface area contributed by atoms with E-state index in [-0.39, 0.29) is 5.56 Å². The molecule has 0 unspecified atom stereocenters. The summed E-state index contributed by atoms with van der Waals surface area (Å²) in [5, 5.41) is 10.7. The highest BCUT2D eigenvalue weighted by molar-refractivity contribution is 6.15. The summed E-state index contributed by atoms with van der Waals surface area (Å²) in [7, 11) is 0. The van der Waals surface area contributed by atoms with Crippen molar-refractivity contribution in [2.75, 3.05) is 4.90 Å². The summed E-state index contributed by atoms with van der Waals surface area (Å²) in [6, 6.07) is 17.9. The minimum atomic E-state index is -0.873. The molecule has 0 fully saturated rings. The summed E-state index contributed by atoms with van der Waals surface area (Å²) < 4.78 is 28.1. The lowest BCUT2D eigenvalue weighted by Crippen LogP contribution is -2.30. The highest BCUT2D eigenvalue weighted by Gasteiger charge is 2.42. The molecule has 0 bridgehead atoms. The van der Waals surface area contributed by atoms with Gasteiger partial charge in [-0.25, -0.2) is 8.78 Å². The first-order valence-corrected chi connectivity index (χ1v) is 8.81. The molecule has 1 N–H and O–H groups in total. The molecule has 0 radical (unpaired) electrons. The van der Waals surface area contributed by atoms with E-state index in [2.05, 4.69) is 0 Å². The van der Waals surface area contributed by atoms with E-state index in [0.717, 1.165) is 5.56 Å². The average Bonchev–Trinajstić information content (AvgIpc) is 2.95. The minimum absolute atomic E-state index is 0.250. The third-order valence-electron chi connectivity index (χ3n) is 4.88. The molecule has 3 nitrogen and oxygen atoms in total. The Morgan fingerprint density at radius 1 is 0.893 bits per heavy atom. The van der Waals surface area contributed by atoms with Gasteiger partial charge in [0.15, 0.2) is 5.76 Å². The number of rotatable bonds is 3. The molecule has 0 saturated carbocycles. The molecule has 4 rings (SSSR count). The first kappa shape index (κ1) is 17.9. The van der Waals surface area contributed by atoms with E-state index in [1.165, 1.54) is 35.2 Å². The highest BCUT2D eigenvalue weighted by Crippen LogP contribution is 2.45. The largest absolute Gasteiger partial charge is 0.503 e. The van der Waals surface area contributed by atoms with Crippen LogP contribution < -0.4 is 4.90 Å². The van der Waals surface area contributed by atoms with Crippen molar-refractivity contribution in [3.05, 3.63) is 107 Å². The zero-order valence-electron chi connectivity index (χ0n) is 15.1. The number of carbonyl (C=O) groups is 1. The molecule has 3 aromatic rings. The normalized spacial score (nSPS) is 16.8. The maximum absolute atomic E-state index is 14.7. The van der Waals surface area contributed by atoms with Crippen molar-refractivity contribution in [3.63, 3.8) is 0 Å². The molecule has 1 heterocycles. The summed E-state index contributed by atoms with van der Waals surface area (Å²) in [5.41, 5.74) is 2.58. The van der Waals surface area contributed by atoms with E-state index in [0.29, 0.717) is 16.8 Å². The minimum Gasteiger partial charge on any atom is -0.503 e. The summed E-state index contributed by atoms with van der Waals surface area (Å²) in [6.07, 6.45) is 0. The van der Waals surface area contributed by atoms with Crippen LogP contribution >= 0.6 is 0 Å². The van der Waals surface area contributed by atoms with E-state index in [1.54, 1.807) is 30.3 Å². The molecule has 0 aliphatic carbocycles. The molecular weight excluding hydrogens is 360 g/mol. The molecular formula is C23H17F2NO2. The van der Waals surface area contributed by atoms with Crippen LogP contribution in [0.15, 0.2) is 78.6 Å². The van der Waals surface area contributed by atoms with Crippen LogP contribution in [0, 0.1) is 18.6 Å². The lowest BCUT2D eigenvalue weighted by Gasteiger charge is -2.27. The van der Waals surface area contributed by atoms with Gasteiger partial charge in [0.2, 0.25) is 0 Å². The van der Waals surface area contributed by atoms with Crippen LogP contribution in [0.25, 0.3) is 5.57 Å². The van der Waals surface area contributed by atoms with Gasteiger partial charge in [0, 0.05) is 16.8 Å². The zero-order chi connectivity index (χ0) is 19.8. The summed E-state index contributed by atoms with van der Waals surface area (Å²) >= 11 is 0. The highest BCUT2D eigenvalue weighted by atomic mass is 19.1. The van der Waals surface area contributed by atoms with Crippen LogP contribution in [0.5, 0.6) is 0 Å². The number of amides is 1. The van der Waals surface area contributed by atoms with E-state index in [1.807, 2.05) is 19.1 Å². The van der Waals surface area contributed by atoms with Crippen molar-refractivity contribution >= 4 is 17.2 Å². The number of carbonyl (C=O) groups excluding carboxylic acids is 1. The van der Waals surface area contributed by atoms with Crippen molar-refractivity contribution < 1.29 is 18.7 Å². The number of aliphatic hydroxyl groups is 1. The molecule has 3 aromatic carbocycles. The van der Waals surface area contributed by atoms with Crippen molar-refractivity contribution in [1.29, 1.82) is 0 Å². The van der Waals surface area contributed by atoms with Gasteiger partial charge < -0.3 is 5.11 Å². The standard InChI is InChI=1S/C23H17F2NO2/c1-14-6-8-15(9-7-14)20-21(18-4-2-3-5-19(18)25)26(23(28)22(20)27)17-12-10-16(24)11-13-17/h2-13,21,27H,1H3/t21-/m1/s1. The molecule has 5 heteroatoms. The van der Waals surface area contributed by atoms with Gasteiger partial charge in [0.05, 0.1) is 6.04 Å². The fourth-order valence-electron chi connectivity index (χ4n) is 3.49. The summed E-state index contributed by atoms with van der Waals surface area (Å²) in [5.74, 6) is -2.04. The van der Waals surface area contributed by atoms with E-state index >= 15 is 0 Å². The Labute approximate surface area is 161 Å². The second-order valence-electron chi connectivity index (χ2n) is 6.70. The second-order valence-corrected chi connectivity index (χ2v) is 6.70. The monoisotopic (exact) mass is 377 g/mol. The van der Waals surface area contributed by atoms with Crippen LogP contribution in [0.4, 0.5) is 14.5 Å². The van der Waals surface area contributed by atoms with Crippen molar-refractivity contribution in [2.45, 2.75) is 13.0 Å². The van der Waals surface area contributed by atoms with Crippen LogP contribution in [0.2, 0.25) is 0 Å². The predicted molar refractivity (Wildman–Crippen MR) is 104 cm³/mol. The molecule has 0 spiro atoms. The van der Waals surface area contributed by atoms with Gasteiger partial charge >= 0.3 is 0 Å². The van der Waals surface area contributed by atoms with Crippen molar-refractivity contribution in [1.82, 2.24) is 0 Å².